The van der Waals surface area contributed by atoms with Gasteiger partial charge in [0, 0.05) is 23.3 Å². The van der Waals surface area contributed by atoms with Gasteiger partial charge in [0.25, 0.3) is 0 Å². The van der Waals surface area contributed by atoms with E-state index in [1.165, 1.54) is 20.3 Å². The molecule has 1 heterocycles. The van der Waals surface area contributed by atoms with Crippen LogP contribution in [0.15, 0.2) is 35.9 Å². The smallest absolute Gasteiger partial charge is 0.210 e. The summed E-state index contributed by atoms with van der Waals surface area (Å²) < 4.78 is 16.5. The van der Waals surface area contributed by atoms with Gasteiger partial charge in [-0.05, 0) is 32.4 Å². The molecule has 3 rings (SSSR count). The van der Waals surface area contributed by atoms with Crippen molar-refractivity contribution < 1.29 is 34.3 Å². The highest BCUT2D eigenvalue weighted by molar-refractivity contribution is 6.08. The van der Waals surface area contributed by atoms with Crippen molar-refractivity contribution in [3.63, 3.8) is 0 Å². The number of aromatic hydroxyl groups is 2. The van der Waals surface area contributed by atoms with Crippen molar-refractivity contribution in [2.75, 3.05) is 20.8 Å². The number of carbonyl (C=O) groups excluding carboxylic acids is 1. The SMILES string of the molecule is COc1ccc([C@@]2(O)COc3cc(O)cc(O)c3C2=O)c(OC)c1CC=C(C)C. The molecule has 1 aliphatic heterocycles. The van der Waals surface area contributed by atoms with Crippen LogP contribution in [0.2, 0.25) is 0 Å². The van der Waals surface area contributed by atoms with E-state index in [0.717, 1.165) is 11.6 Å². The number of methoxy groups -OCH3 is 2. The Labute approximate surface area is 168 Å². The Hall–Kier alpha value is -3.19. The number of hydrogen-bond acceptors (Lipinski definition) is 7. The highest BCUT2D eigenvalue weighted by Gasteiger charge is 2.48. The largest absolute Gasteiger partial charge is 0.508 e. The van der Waals surface area contributed by atoms with E-state index in [1.54, 1.807) is 12.1 Å². The number of allylic oxidation sites excluding steroid dienone is 2. The van der Waals surface area contributed by atoms with E-state index in [9.17, 15) is 20.1 Å². The molecule has 7 heteroatoms. The second-order valence-corrected chi connectivity index (χ2v) is 7.13. The Balaban J connectivity index is 2.18. The first kappa shape index (κ1) is 20.5. The van der Waals surface area contributed by atoms with Crippen LogP contribution in [-0.2, 0) is 12.0 Å². The van der Waals surface area contributed by atoms with E-state index in [2.05, 4.69) is 0 Å². The van der Waals surface area contributed by atoms with Crippen molar-refractivity contribution >= 4 is 5.78 Å². The number of fused-ring (bicyclic) bond motifs is 1. The molecule has 0 saturated heterocycles. The maximum Gasteiger partial charge on any atom is 0.210 e. The number of aliphatic hydroxyl groups is 1. The Morgan fingerprint density at radius 1 is 1.21 bits per heavy atom. The van der Waals surface area contributed by atoms with Gasteiger partial charge in [-0.1, -0.05) is 11.6 Å². The van der Waals surface area contributed by atoms with Crippen LogP contribution in [0.1, 0.15) is 35.3 Å². The molecule has 1 atom stereocenters. The molecule has 0 fully saturated rings. The number of ketones is 1. The van der Waals surface area contributed by atoms with Gasteiger partial charge in [-0.25, -0.2) is 0 Å². The fourth-order valence-electron chi connectivity index (χ4n) is 3.44. The quantitative estimate of drug-likeness (QED) is 0.662. The molecule has 3 N–H and O–H groups in total. The fraction of sp³-hybridized carbons (Fsp3) is 0.318. The summed E-state index contributed by atoms with van der Waals surface area (Å²) >= 11 is 0. The predicted octanol–water partition coefficient (Wildman–Crippen LogP) is 3.09. The second-order valence-electron chi connectivity index (χ2n) is 7.13. The van der Waals surface area contributed by atoms with Gasteiger partial charge in [0.1, 0.15) is 40.9 Å². The topological polar surface area (TPSA) is 105 Å². The number of benzene rings is 2. The van der Waals surface area contributed by atoms with Crippen LogP contribution in [-0.4, -0.2) is 41.9 Å². The van der Waals surface area contributed by atoms with Gasteiger partial charge in [0.15, 0.2) is 5.60 Å². The van der Waals surface area contributed by atoms with Crippen LogP contribution in [0.3, 0.4) is 0 Å². The van der Waals surface area contributed by atoms with Gasteiger partial charge < -0.3 is 29.5 Å². The predicted molar refractivity (Wildman–Crippen MR) is 106 cm³/mol. The van der Waals surface area contributed by atoms with Gasteiger partial charge in [-0.15, -0.1) is 0 Å². The lowest BCUT2D eigenvalue weighted by Crippen LogP contribution is -2.45. The third-order valence-corrected chi connectivity index (χ3v) is 4.91. The van der Waals surface area contributed by atoms with Crippen molar-refractivity contribution in [1.82, 2.24) is 0 Å². The molecule has 0 saturated carbocycles. The molecule has 7 nitrogen and oxygen atoms in total. The molecule has 154 valence electrons. The minimum atomic E-state index is -2.08. The lowest BCUT2D eigenvalue weighted by molar-refractivity contribution is -0.00680. The maximum absolute atomic E-state index is 13.2. The number of rotatable bonds is 5. The maximum atomic E-state index is 13.2. The van der Waals surface area contributed by atoms with E-state index in [1.807, 2.05) is 19.9 Å². The van der Waals surface area contributed by atoms with Crippen LogP contribution < -0.4 is 14.2 Å². The molecule has 0 unspecified atom stereocenters. The number of phenols is 2. The molecular formula is C22H24O7. The fourth-order valence-corrected chi connectivity index (χ4v) is 3.44. The molecule has 1 aliphatic rings. The van der Waals surface area contributed by atoms with Crippen LogP contribution >= 0.6 is 0 Å². The molecule has 29 heavy (non-hydrogen) atoms. The highest BCUT2D eigenvalue weighted by Crippen LogP contribution is 2.46. The van der Waals surface area contributed by atoms with Crippen molar-refractivity contribution in [1.29, 1.82) is 0 Å². The molecular weight excluding hydrogens is 376 g/mol. The van der Waals surface area contributed by atoms with Crippen molar-refractivity contribution in [2.45, 2.75) is 25.9 Å². The standard InChI is InChI=1S/C22H24O7/c1-12(2)5-6-14-17(27-3)8-7-15(20(14)28-4)22(26)11-29-18-10-13(23)9-16(24)19(18)21(22)25/h5,7-10,23-24,26H,6,11H2,1-4H3/t22-/m0/s1. The van der Waals surface area contributed by atoms with E-state index < -0.39 is 23.7 Å². The summed E-state index contributed by atoms with van der Waals surface area (Å²) in [5.41, 5.74) is -0.301. The summed E-state index contributed by atoms with van der Waals surface area (Å²) in [7, 11) is 2.98. The number of ether oxygens (including phenoxy) is 3. The lowest BCUT2D eigenvalue weighted by Gasteiger charge is -2.34. The Bertz CT molecular complexity index is 989. The second kappa shape index (κ2) is 7.67. The Morgan fingerprint density at radius 3 is 2.55 bits per heavy atom. The van der Waals surface area contributed by atoms with Gasteiger partial charge >= 0.3 is 0 Å². The van der Waals surface area contributed by atoms with Gasteiger partial charge in [0.2, 0.25) is 5.78 Å². The highest BCUT2D eigenvalue weighted by atomic mass is 16.5. The first-order chi connectivity index (χ1) is 13.7. The number of Topliss-reactive ketones (excluding diaryl/α,β-unsaturated/α-hetero) is 1. The minimum Gasteiger partial charge on any atom is -0.508 e. The summed E-state index contributed by atoms with van der Waals surface area (Å²) in [6.07, 6.45) is 2.46. The van der Waals surface area contributed by atoms with Crippen LogP contribution in [0.4, 0.5) is 0 Å². The van der Waals surface area contributed by atoms with E-state index in [4.69, 9.17) is 14.2 Å². The summed E-state index contributed by atoms with van der Waals surface area (Å²) in [5.74, 6) is -0.583. The molecule has 2 aromatic carbocycles. The number of phenolic OH excluding ortho intramolecular Hbond substituents is 2. The molecule has 2 aromatic rings. The van der Waals surface area contributed by atoms with Crippen molar-refractivity contribution in [3.05, 3.63) is 52.6 Å². The zero-order valence-electron chi connectivity index (χ0n) is 16.8. The van der Waals surface area contributed by atoms with Gasteiger partial charge in [-0.3, -0.25) is 4.79 Å². The van der Waals surface area contributed by atoms with Gasteiger partial charge in [-0.2, -0.15) is 0 Å². The average Bonchev–Trinajstić information content (AvgIpc) is 2.67. The van der Waals surface area contributed by atoms with Crippen molar-refractivity contribution in [2.24, 2.45) is 0 Å². The lowest BCUT2D eigenvalue weighted by atomic mass is 9.82. The third-order valence-electron chi connectivity index (χ3n) is 4.91. The number of carbonyl (C=O) groups is 1. The summed E-state index contributed by atoms with van der Waals surface area (Å²) in [6, 6.07) is 5.45. The first-order valence-electron chi connectivity index (χ1n) is 9.06. The summed E-state index contributed by atoms with van der Waals surface area (Å²) in [6.45, 7) is 3.53. The summed E-state index contributed by atoms with van der Waals surface area (Å²) in [5, 5.41) is 31.1. The molecule has 0 spiro atoms. The van der Waals surface area contributed by atoms with E-state index >= 15 is 0 Å². The Kier molecular flexibility index (Phi) is 5.44. The van der Waals surface area contributed by atoms with E-state index in [-0.39, 0.29) is 22.6 Å². The van der Waals surface area contributed by atoms with Crippen molar-refractivity contribution in [3.8, 4) is 28.7 Å². The zero-order valence-corrected chi connectivity index (χ0v) is 16.8. The molecule has 0 aromatic heterocycles. The Morgan fingerprint density at radius 2 is 1.93 bits per heavy atom. The molecule has 0 radical (unpaired) electrons. The average molecular weight is 400 g/mol. The zero-order chi connectivity index (χ0) is 21.3. The molecule has 0 bridgehead atoms. The van der Waals surface area contributed by atoms with Crippen LogP contribution in [0.5, 0.6) is 28.7 Å². The third kappa shape index (κ3) is 3.49. The number of hydrogen-bond donors (Lipinski definition) is 3. The minimum absolute atomic E-state index is 0.00872. The van der Waals surface area contributed by atoms with Crippen LogP contribution in [0.25, 0.3) is 0 Å². The van der Waals surface area contributed by atoms with Gasteiger partial charge in [0.05, 0.1) is 14.2 Å². The first-order valence-corrected chi connectivity index (χ1v) is 9.06. The van der Waals surface area contributed by atoms with E-state index in [0.29, 0.717) is 23.5 Å². The summed E-state index contributed by atoms with van der Waals surface area (Å²) in [4.78, 5) is 13.2. The molecule has 0 amide bonds. The molecule has 0 aliphatic carbocycles. The van der Waals surface area contributed by atoms with Crippen LogP contribution in [0, 0.1) is 0 Å². The normalized spacial score (nSPS) is 17.9. The monoisotopic (exact) mass is 400 g/mol.